The Morgan fingerprint density at radius 1 is 1.53 bits per heavy atom. The van der Waals surface area contributed by atoms with E-state index >= 15 is 0 Å². The third-order valence-electron chi connectivity index (χ3n) is 2.91. The maximum atomic E-state index is 11.6. The molecule has 2 amide bonds. The monoisotopic (exact) mass is 251 g/mol. The summed E-state index contributed by atoms with van der Waals surface area (Å²) in [6.07, 6.45) is 0. The maximum Gasteiger partial charge on any atom is 0.346 e. The number of urea groups is 1. The van der Waals surface area contributed by atoms with E-state index in [-0.39, 0.29) is 12.1 Å². The number of carbonyl (C=O) groups excluding carboxylic acids is 1. The number of rotatable bonds is 2. The van der Waals surface area contributed by atoms with E-state index in [1.165, 1.54) is 0 Å². The van der Waals surface area contributed by atoms with Crippen LogP contribution in [-0.4, -0.2) is 23.3 Å². The Balaban J connectivity index is 2.42. The number of aliphatic imine (C=N–C) groups is 1. The van der Waals surface area contributed by atoms with Crippen LogP contribution in [0.1, 0.15) is 24.1 Å². The van der Waals surface area contributed by atoms with Gasteiger partial charge in [0.15, 0.2) is 0 Å². The van der Waals surface area contributed by atoms with Crippen LogP contribution in [0.25, 0.3) is 0 Å². The zero-order valence-corrected chi connectivity index (χ0v) is 10.5. The summed E-state index contributed by atoms with van der Waals surface area (Å²) in [5.74, 6) is 0.330. The van der Waals surface area contributed by atoms with Crippen LogP contribution in [0.4, 0.5) is 4.79 Å². The molecule has 5 heteroatoms. The topological polar surface area (TPSA) is 58.7 Å². The van der Waals surface area contributed by atoms with Crippen LogP contribution in [0.2, 0.25) is 5.02 Å². The Morgan fingerprint density at radius 3 is 2.82 bits per heavy atom. The molecule has 0 aliphatic carbocycles. The molecule has 2 N–H and O–H groups in total. The van der Waals surface area contributed by atoms with Crippen molar-refractivity contribution in [1.29, 1.82) is 0 Å². The van der Waals surface area contributed by atoms with Crippen LogP contribution >= 0.6 is 11.6 Å². The summed E-state index contributed by atoms with van der Waals surface area (Å²) in [6, 6.07) is 5.11. The van der Waals surface area contributed by atoms with E-state index in [0.29, 0.717) is 17.4 Å². The molecule has 17 heavy (non-hydrogen) atoms. The van der Waals surface area contributed by atoms with Crippen molar-refractivity contribution in [2.75, 3.05) is 6.54 Å². The lowest BCUT2D eigenvalue weighted by Gasteiger charge is -2.23. The molecule has 1 aliphatic heterocycles. The molecule has 1 aromatic rings. The molecular weight excluding hydrogens is 238 g/mol. The number of benzene rings is 1. The minimum Gasteiger partial charge on any atom is -0.385 e. The molecule has 1 aliphatic rings. The maximum absolute atomic E-state index is 11.6. The molecule has 0 saturated carbocycles. The first-order chi connectivity index (χ1) is 8.04. The highest BCUT2D eigenvalue weighted by atomic mass is 35.5. The van der Waals surface area contributed by atoms with Gasteiger partial charge in [-0.15, -0.1) is 0 Å². The molecule has 0 fully saturated rings. The van der Waals surface area contributed by atoms with Crippen LogP contribution < -0.4 is 5.73 Å². The molecule has 1 aromatic carbocycles. The number of amidine groups is 1. The number of likely N-dealkylation sites (N-methyl/N-ethyl adjacent to an activating group) is 1. The van der Waals surface area contributed by atoms with Gasteiger partial charge in [0.05, 0.1) is 0 Å². The van der Waals surface area contributed by atoms with E-state index in [0.717, 1.165) is 11.1 Å². The predicted molar refractivity (Wildman–Crippen MR) is 68.3 cm³/mol. The average Bonchev–Trinajstić information content (AvgIpc) is 2.57. The van der Waals surface area contributed by atoms with E-state index in [9.17, 15) is 4.79 Å². The van der Waals surface area contributed by atoms with Crippen molar-refractivity contribution in [3.05, 3.63) is 34.3 Å². The molecular formula is C12H14ClN3O. The van der Waals surface area contributed by atoms with Crippen LogP contribution in [0.3, 0.4) is 0 Å². The number of nitrogens with two attached hydrogens (primary N) is 1. The summed E-state index contributed by atoms with van der Waals surface area (Å²) < 4.78 is 0. The third kappa shape index (κ3) is 2.00. The summed E-state index contributed by atoms with van der Waals surface area (Å²) in [6.45, 7) is 4.40. The van der Waals surface area contributed by atoms with E-state index in [2.05, 4.69) is 4.99 Å². The van der Waals surface area contributed by atoms with Crippen LogP contribution in [0.5, 0.6) is 0 Å². The summed E-state index contributed by atoms with van der Waals surface area (Å²) >= 11 is 6.08. The van der Waals surface area contributed by atoms with Crippen molar-refractivity contribution in [2.24, 2.45) is 10.7 Å². The minimum atomic E-state index is -0.286. The fourth-order valence-electron chi connectivity index (χ4n) is 1.95. The van der Waals surface area contributed by atoms with Crippen molar-refractivity contribution < 1.29 is 4.79 Å². The smallest absolute Gasteiger partial charge is 0.346 e. The van der Waals surface area contributed by atoms with Gasteiger partial charge in [-0.2, -0.15) is 4.99 Å². The van der Waals surface area contributed by atoms with E-state index in [1.807, 2.05) is 32.0 Å². The lowest BCUT2D eigenvalue weighted by atomic mass is 10.0. The second-order valence-corrected chi connectivity index (χ2v) is 4.42. The van der Waals surface area contributed by atoms with Crippen molar-refractivity contribution in [1.82, 2.24) is 4.90 Å². The first kappa shape index (κ1) is 11.9. The fraction of sp³-hybridized carbons (Fsp3) is 0.333. The molecule has 0 spiro atoms. The molecule has 0 aromatic heterocycles. The Labute approximate surface area is 105 Å². The van der Waals surface area contributed by atoms with Gasteiger partial charge in [0, 0.05) is 11.6 Å². The fourth-order valence-corrected chi connectivity index (χ4v) is 2.14. The Kier molecular flexibility index (Phi) is 3.07. The molecule has 90 valence electrons. The zero-order chi connectivity index (χ0) is 12.6. The molecule has 2 rings (SSSR count). The molecule has 1 atom stereocenters. The lowest BCUT2D eigenvalue weighted by Crippen LogP contribution is -2.33. The quantitative estimate of drug-likeness (QED) is 0.878. The van der Waals surface area contributed by atoms with Crippen LogP contribution in [0.15, 0.2) is 23.2 Å². The van der Waals surface area contributed by atoms with E-state index < -0.39 is 0 Å². The molecule has 0 bridgehead atoms. The highest BCUT2D eigenvalue weighted by molar-refractivity contribution is 6.31. The summed E-state index contributed by atoms with van der Waals surface area (Å²) in [4.78, 5) is 17.0. The minimum absolute atomic E-state index is 0.285. The summed E-state index contributed by atoms with van der Waals surface area (Å²) in [5, 5.41) is 0.672. The highest BCUT2D eigenvalue weighted by Crippen LogP contribution is 2.29. The van der Waals surface area contributed by atoms with Gasteiger partial charge in [-0.25, -0.2) is 4.79 Å². The van der Waals surface area contributed by atoms with Crippen molar-refractivity contribution >= 4 is 23.5 Å². The van der Waals surface area contributed by atoms with Gasteiger partial charge in [-0.05, 0) is 31.0 Å². The number of aryl methyl sites for hydroxylation is 1. The van der Waals surface area contributed by atoms with Gasteiger partial charge >= 0.3 is 6.03 Å². The average molecular weight is 252 g/mol. The van der Waals surface area contributed by atoms with Crippen molar-refractivity contribution in [3.8, 4) is 0 Å². The third-order valence-corrected chi connectivity index (χ3v) is 3.32. The normalized spacial score (nSPS) is 19.7. The second-order valence-electron chi connectivity index (χ2n) is 4.02. The van der Waals surface area contributed by atoms with Gasteiger partial charge in [-0.3, -0.25) is 0 Å². The predicted octanol–water partition coefficient (Wildman–Crippen LogP) is 2.50. The summed E-state index contributed by atoms with van der Waals surface area (Å²) in [5.41, 5.74) is 7.70. The molecule has 4 nitrogen and oxygen atoms in total. The largest absolute Gasteiger partial charge is 0.385 e. The Hall–Kier alpha value is -1.55. The molecule has 0 radical (unpaired) electrons. The van der Waals surface area contributed by atoms with E-state index in [1.54, 1.807) is 4.90 Å². The summed E-state index contributed by atoms with van der Waals surface area (Å²) in [7, 11) is 0. The molecule has 1 heterocycles. The highest BCUT2D eigenvalue weighted by Gasteiger charge is 2.33. The second kappa shape index (κ2) is 4.37. The molecule has 1 unspecified atom stereocenters. The Bertz CT molecular complexity index is 499. The number of halogens is 1. The van der Waals surface area contributed by atoms with Crippen molar-refractivity contribution in [3.63, 3.8) is 0 Å². The first-order valence-corrected chi connectivity index (χ1v) is 5.83. The number of carbonyl (C=O) groups is 1. The van der Waals surface area contributed by atoms with Crippen molar-refractivity contribution in [2.45, 2.75) is 19.9 Å². The van der Waals surface area contributed by atoms with Crippen LogP contribution in [0, 0.1) is 6.92 Å². The standard InChI is InChI=1S/C12H14ClN3O/c1-3-16-10(11(14)15-12(16)17)8-5-4-7(2)9(13)6-8/h4-6,10H,3H2,1-2H3,(H2,14,15,17). The zero-order valence-electron chi connectivity index (χ0n) is 9.77. The van der Waals surface area contributed by atoms with Gasteiger partial charge in [0.1, 0.15) is 11.9 Å². The SMILES string of the molecule is CCN1C(=O)N=C(N)C1c1ccc(C)c(Cl)c1. The number of hydrogen-bond acceptors (Lipinski definition) is 2. The lowest BCUT2D eigenvalue weighted by molar-refractivity contribution is 0.210. The number of amides is 2. The van der Waals surface area contributed by atoms with E-state index in [4.69, 9.17) is 17.3 Å². The van der Waals surface area contributed by atoms with Gasteiger partial charge in [-0.1, -0.05) is 23.7 Å². The molecule has 0 saturated heterocycles. The van der Waals surface area contributed by atoms with Gasteiger partial charge in [0.25, 0.3) is 0 Å². The number of nitrogens with zero attached hydrogens (tertiary/aromatic N) is 2. The number of hydrogen-bond donors (Lipinski definition) is 1. The van der Waals surface area contributed by atoms with Crippen LogP contribution in [-0.2, 0) is 0 Å². The first-order valence-electron chi connectivity index (χ1n) is 5.45. The Morgan fingerprint density at radius 2 is 2.24 bits per heavy atom. The van der Waals surface area contributed by atoms with Gasteiger partial charge in [0.2, 0.25) is 0 Å². The van der Waals surface area contributed by atoms with Gasteiger partial charge < -0.3 is 10.6 Å².